The Morgan fingerprint density at radius 2 is 2.50 bits per heavy atom. The van der Waals surface area contributed by atoms with E-state index in [2.05, 4.69) is 21.9 Å². The summed E-state index contributed by atoms with van der Waals surface area (Å²) in [5.41, 5.74) is 0.828. The average Bonchev–Trinajstić information content (AvgIpc) is 2.49. The minimum atomic E-state index is 0.677. The number of aromatic amines is 1. The molecule has 2 aromatic rings. The fourth-order valence-corrected chi connectivity index (χ4v) is 2.07. The molecule has 5 heteroatoms. The van der Waals surface area contributed by atoms with Crippen molar-refractivity contribution in [2.75, 3.05) is 0 Å². The van der Waals surface area contributed by atoms with Crippen LogP contribution in [0.25, 0.3) is 10.3 Å². The highest BCUT2D eigenvalue weighted by Gasteiger charge is 2.03. The maximum Gasteiger partial charge on any atom is 0.148 e. The normalized spacial score (nSPS) is 10.8. The van der Waals surface area contributed by atoms with Gasteiger partial charge in [-0.1, -0.05) is 30.5 Å². The molecule has 0 aliphatic rings. The zero-order valence-electron chi connectivity index (χ0n) is 6.50. The SMILES string of the molecule is CCc1nc2c(=S)[nH]cnc2s1. The molecule has 0 amide bonds. The summed E-state index contributed by atoms with van der Waals surface area (Å²) in [4.78, 5) is 12.3. The first-order valence-corrected chi connectivity index (χ1v) is 4.87. The van der Waals surface area contributed by atoms with Crippen molar-refractivity contribution in [3.63, 3.8) is 0 Å². The zero-order chi connectivity index (χ0) is 8.55. The minimum Gasteiger partial charge on any atom is -0.336 e. The number of nitrogens with zero attached hydrogens (tertiary/aromatic N) is 2. The Hall–Kier alpha value is -0.810. The number of hydrogen-bond donors (Lipinski definition) is 1. The summed E-state index contributed by atoms with van der Waals surface area (Å²) in [6, 6.07) is 0. The van der Waals surface area contributed by atoms with E-state index < -0.39 is 0 Å². The second kappa shape index (κ2) is 2.91. The molecule has 0 fully saturated rings. The van der Waals surface area contributed by atoms with Crippen molar-refractivity contribution >= 4 is 33.9 Å². The van der Waals surface area contributed by atoms with E-state index in [-0.39, 0.29) is 0 Å². The lowest BCUT2D eigenvalue weighted by Crippen LogP contribution is -1.79. The number of hydrogen-bond acceptors (Lipinski definition) is 4. The molecule has 12 heavy (non-hydrogen) atoms. The van der Waals surface area contributed by atoms with E-state index in [4.69, 9.17) is 12.2 Å². The Labute approximate surface area is 78.5 Å². The monoisotopic (exact) mass is 197 g/mol. The Kier molecular flexibility index (Phi) is 1.90. The molecule has 0 radical (unpaired) electrons. The van der Waals surface area contributed by atoms with E-state index >= 15 is 0 Å². The number of rotatable bonds is 1. The third-order valence-electron chi connectivity index (χ3n) is 1.55. The van der Waals surface area contributed by atoms with Crippen molar-refractivity contribution in [2.24, 2.45) is 0 Å². The van der Waals surface area contributed by atoms with Crippen LogP contribution >= 0.6 is 23.6 Å². The summed E-state index contributed by atoms with van der Waals surface area (Å²) >= 11 is 6.67. The zero-order valence-corrected chi connectivity index (χ0v) is 8.13. The number of aryl methyl sites for hydroxylation is 1. The average molecular weight is 197 g/mol. The highest BCUT2D eigenvalue weighted by molar-refractivity contribution is 7.71. The number of aromatic nitrogens is 3. The summed E-state index contributed by atoms with van der Waals surface area (Å²) in [7, 11) is 0. The van der Waals surface area contributed by atoms with Crippen LogP contribution in [0.5, 0.6) is 0 Å². The highest BCUT2D eigenvalue weighted by Crippen LogP contribution is 2.19. The molecule has 0 unspecified atom stereocenters. The van der Waals surface area contributed by atoms with Crippen LogP contribution in [-0.2, 0) is 6.42 Å². The Balaban J connectivity index is 2.83. The molecular weight excluding hydrogens is 190 g/mol. The smallest absolute Gasteiger partial charge is 0.148 e. The summed E-state index contributed by atoms with van der Waals surface area (Å²) < 4.78 is 0.677. The Morgan fingerprint density at radius 3 is 3.17 bits per heavy atom. The standard InChI is InChI=1S/C7H7N3S2/c1-2-4-10-5-6(11)8-3-9-7(5)12-4/h3H,2H2,1H3,(H,8,9,11). The molecule has 0 saturated carbocycles. The lowest BCUT2D eigenvalue weighted by atomic mass is 10.5. The lowest BCUT2D eigenvalue weighted by molar-refractivity contribution is 1.10. The Bertz CT molecular complexity index is 457. The molecule has 1 N–H and O–H groups in total. The van der Waals surface area contributed by atoms with Gasteiger partial charge in [0.2, 0.25) is 0 Å². The molecule has 0 atom stereocenters. The van der Waals surface area contributed by atoms with E-state index in [0.29, 0.717) is 4.64 Å². The first kappa shape index (κ1) is 7.82. The molecule has 2 heterocycles. The van der Waals surface area contributed by atoms with Crippen LogP contribution in [0.2, 0.25) is 0 Å². The van der Waals surface area contributed by atoms with Crippen LogP contribution < -0.4 is 0 Å². The van der Waals surface area contributed by atoms with Crippen molar-refractivity contribution in [2.45, 2.75) is 13.3 Å². The van der Waals surface area contributed by atoms with Gasteiger partial charge in [0.1, 0.15) is 15.0 Å². The van der Waals surface area contributed by atoms with Gasteiger partial charge in [-0.2, -0.15) is 0 Å². The van der Waals surface area contributed by atoms with E-state index in [9.17, 15) is 0 Å². The van der Waals surface area contributed by atoms with Gasteiger partial charge in [-0.3, -0.25) is 0 Å². The number of nitrogens with one attached hydrogen (secondary N) is 1. The molecule has 2 aromatic heterocycles. The van der Waals surface area contributed by atoms with Crippen molar-refractivity contribution in [1.82, 2.24) is 15.0 Å². The van der Waals surface area contributed by atoms with Gasteiger partial charge in [0.15, 0.2) is 0 Å². The number of fused-ring (bicyclic) bond motifs is 1. The maximum absolute atomic E-state index is 5.06. The van der Waals surface area contributed by atoms with Gasteiger partial charge in [-0.05, 0) is 6.42 Å². The van der Waals surface area contributed by atoms with Gasteiger partial charge in [-0.15, -0.1) is 0 Å². The van der Waals surface area contributed by atoms with Gasteiger partial charge >= 0.3 is 0 Å². The largest absolute Gasteiger partial charge is 0.336 e. The molecule has 0 bridgehead atoms. The third kappa shape index (κ3) is 1.15. The lowest BCUT2D eigenvalue weighted by Gasteiger charge is -1.83. The third-order valence-corrected chi connectivity index (χ3v) is 2.97. The predicted molar refractivity (Wildman–Crippen MR) is 52.0 cm³/mol. The maximum atomic E-state index is 5.06. The first-order chi connectivity index (χ1) is 5.81. The number of H-pyrrole nitrogens is 1. The fourth-order valence-electron chi connectivity index (χ4n) is 0.960. The molecule has 0 saturated heterocycles. The van der Waals surface area contributed by atoms with E-state index in [1.54, 1.807) is 17.7 Å². The van der Waals surface area contributed by atoms with Gasteiger partial charge in [0.25, 0.3) is 0 Å². The fraction of sp³-hybridized carbons (Fsp3) is 0.286. The summed E-state index contributed by atoms with van der Waals surface area (Å²) in [5, 5.41) is 1.09. The summed E-state index contributed by atoms with van der Waals surface area (Å²) in [6.07, 6.45) is 2.55. The first-order valence-electron chi connectivity index (χ1n) is 3.64. The van der Waals surface area contributed by atoms with E-state index in [1.165, 1.54) is 0 Å². The molecular formula is C7H7N3S2. The predicted octanol–water partition coefficient (Wildman–Crippen LogP) is 2.31. The van der Waals surface area contributed by atoms with Crippen LogP contribution in [0.4, 0.5) is 0 Å². The van der Waals surface area contributed by atoms with Gasteiger partial charge in [0.05, 0.1) is 11.3 Å². The number of thiazole rings is 1. The van der Waals surface area contributed by atoms with Crippen LogP contribution in [0, 0.1) is 4.64 Å². The van der Waals surface area contributed by atoms with Crippen LogP contribution in [0.15, 0.2) is 6.33 Å². The van der Waals surface area contributed by atoms with E-state index in [1.807, 2.05) is 0 Å². The molecule has 3 nitrogen and oxygen atoms in total. The second-order valence-corrected chi connectivity index (χ2v) is 3.82. The molecule has 0 aliphatic heterocycles. The molecule has 62 valence electrons. The van der Waals surface area contributed by atoms with Gasteiger partial charge in [-0.25, -0.2) is 9.97 Å². The van der Waals surface area contributed by atoms with Crippen LogP contribution in [0.3, 0.4) is 0 Å². The quantitative estimate of drug-likeness (QED) is 0.713. The summed E-state index contributed by atoms with van der Waals surface area (Å²) in [5.74, 6) is 0. The molecule has 0 spiro atoms. The van der Waals surface area contributed by atoms with Crippen LogP contribution in [0.1, 0.15) is 11.9 Å². The Morgan fingerprint density at radius 1 is 1.67 bits per heavy atom. The van der Waals surface area contributed by atoms with Crippen LogP contribution in [-0.4, -0.2) is 15.0 Å². The molecule has 2 rings (SSSR count). The topological polar surface area (TPSA) is 41.6 Å². The molecule has 0 aromatic carbocycles. The van der Waals surface area contributed by atoms with Crippen molar-refractivity contribution < 1.29 is 0 Å². The van der Waals surface area contributed by atoms with Gasteiger partial charge < -0.3 is 4.98 Å². The van der Waals surface area contributed by atoms with Crippen molar-refractivity contribution in [1.29, 1.82) is 0 Å². The van der Waals surface area contributed by atoms with Crippen molar-refractivity contribution in [3.8, 4) is 0 Å². The highest BCUT2D eigenvalue weighted by atomic mass is 32.1. The van der Waals surface area contributed by atoms with Crippen molar-refractivity contribution in [3.05, 3.63) is 16.0 Å². The van der Waals surface area contributed by atoms with Gasteiger partial charge in [0, 0.05) is 0 Å². The minimum absolute atomic E-state index is 0.677. The molecule has 0 aliphatic carbocycles. The van der Waals surface area contributed by atoms with E-state index in [0.717, 1.165) is 21.8 Å². The summed E-state index contributed by atoms with van der Waals surface area (Å²) in [6.45, 7) is 2.07. The second-order valence-electron chi connectivity index (χ2n) is 2.35.